The fourth-order valence-corrected chi connectivity index (χ4v) is 2.81. The molecule has 1 aromatic carbocycles. The predicted molar refractivity (Wildman–Crippen MR) is 76.5 cm³/mol. The quantitative estimate of drug-likeness (QED) is 0.735. The lowest BCUT2D eigenvalue weighted by Crippen LogP contribution is -1.88. The molecule has 0 spiro atoms. The van der Waals surface area contributed by atoms with Crippen LogP contribution < -0.4 is 0 Å². The number of imidazole rings is 1. The topological polar surface area (TPSA) is 39.4 Å². The Hall–Kier alpha value is -1.72. The standard InChI is InChI=1S/C14H15N3OS/c1-9-4-5-11(6-10(9)2)12-7-17-14(15-12)19-13(16-17)8-18-3/h4-7H,8H2,1-3H3. The molecule has 0 fully saturated rings. The molecule has 0 radical (unpaired) electrons. The molecule has 0 N–H and O–H groups in total. The van der Waals surface area contributed by atoms with E-state index >= 15 is 0 Å². The highest BCUT2D eigenvalue weighted by atomic mass is 32.1. The SMILES string of the molecule is COCc1nn2cc(-c3ccc(C)c(C)c3)nc2s1. The number of hydrogen-bond donors (Lipinski definition) is 0. The molecule has 2 heterocycles. The summed E-state index contributed by atoms with van der Waals surface area (Å²) in [5, 5.41) is 5.38. The number of methoxy groups -OCH3 is 1. The van der Waals surface area contributed by atoms with Crippen molar-refractivity contribution in [1.29, 1.82) is 0 Å². The first-order chi connectivity index (χ1) is 9.17. The maximum absolute atomic E-state index is 5.08. The van der Waals surface area contributed by atoms with Crippen molar-refractivity contribution in [3.05, 3.63) is 40.5 Å². The average Bonchev–Trinajstić information content (AvgIpc) is 2.91. The Morgan fingerprint density at radius 2 is 2.11 bits per heavy atom. The molecule has 0 saturated carbocycles. The number of benzene rings is 1. The molecule has 19 heavy (non-hydrogen) atoms. The zero-order valence-electron chi connectivity index (χ0n) is 11.2. The molecule has 0 saturated heterocycles. The molecular formula is C14H15N3OS. The number of aryl methyl sites for hydroxylation is 2. The second-order valence-electron chi connectivity index (χ2n) is 4.58. The number of nitrogens with zero attached hydrogens (tertiary/aromatic N) is 3. The average molecular weight is 273 g/mol. The van der Waals surface area contributed by atoms with Gasteiger partial charge in [0.25, 0.3) is 0 Å². The fourth-order valence-electron chi connectivity index (χ4n) is 1.96. The van der Waals surface area contributed by atoms with Crippen LogP contribution in [0, 0.1) is 13.8 Å². The summed E-state index contributed by atoms with van der Waals surface area (Å²) in [4.78, 5) is 5.52. The van der Waals surface area contributed by atoms with E-state index in [9.17, 15) is 0 Å². The highest BCUT2D eigenvalue weighted by molar-refractivity contribution is 7.16. The molecule has 3 rings (SSSR count). The monoisotopic (exact) mass is 273 g/mol. The third kappa shape index (κ3) is 2.27. The number of hydrogen-bond acceptors (Lipinski definition) is 4. The highest BCUT2D eigenvalue weighted by Crippen LogP contribution is 2.24. The molecule has 0 atom stereocenters. The van der Waals surface area contributed by atoms with Crippen LogP contribution in [-0.2, 0) is 11.3 Å². The molecule has 98 valence electrons. The Morgan fingerprint density at radius 3 is 2.79 bits per heavy atom. The molecule has 0 unspecified atom stereocenters. The van der Waals surface area contributed by atoms with Gasteiger partial charge in [0, 0.05) is 12.7 Å². The maximum Gasteiger partial charge on any atom is 0.212 e. The van der Waals surface area contributed by atoms with Crippen LogP contribution >= 0.6 is 11.3 Å². The highest BCUT2D eigenvalue weighted by Gasteiger charge is 2.09. The van der Waals surface area contributed by atoms with Crippen molar-refractivity contribution in [2.75, 3.05) is 7.11 Å². The molecule has 0 bridgehead atoms. The van der Waals surface area contributed by atoms with Crippen LogP contribution in [0.15, 0.2) is 24.4 Å². The summed E-state index contributed by atoms with van der Waals surface area (Å²) < 4.78 is 6.90. The zero-order chi connectivity index (χ0) is 13.4. The first-order valence-corrected chi connectivity index (χ1v) is 6.90. The van der Waals surface area contributed by atoms with Gasteiger partial charge in [-0.05, 0) is 31.0 Å². The van der Waals surface area contributed by atoms with Crippen molar-refractivity contribution in [2.45, 2.75) is 20.5 Å². The van der Waals surface area contributed by atoms with Crippen molar-refractivity contribution in [1.82, 2.24) is 14.6 Å². The lowest BCUT2D eigenvalue weighted by molar-refractivity contribution is 0.183. The van der Waals surface area contributed by atoms with Gasteiger partial charge >= 0.3 is 0 Å². The summed E-state index contributed by atoms with van der Waals surface area (Å²) in [7, 11) is 1.67. The van der Waals surface area contributed by atoms with Crippen LogP contribution in [0.1, 0.15) is 16.1 Å². The minimum absolute atomic E-state index is 0.535. The number of ether oxygens (including phenoxy) is 1. The largest absolute Gasteiger partial charge is 0.377 e. The van der Waals surface area contributed by atoms with E-state index in [2.05, 4.69) is 42.1 Å². The summed E-state index contributed by atoms with van der Waals surface area (Å²) in [6.45, 7) is 4.77. The molecule has 0 aliphatic carbocycles. The van der Waals surface area contributed by atoms with Crippen molar-refractivity contribution >= 4 is 16.3 Å². The first-order valence-electron chi connectivity index (χ1n) is 6.09. The summed E-state index contributed by atoms with van der Waals surface area (Å²) in [5.41, 5.74) is 4.67. The third-order valence-electron chi connectivity index (χ3n) is 3.16. The first kappa shape index (κ1) is 12.3. The molecule has 3 aromatic rings. The van der Waals surface area contributed by atoms with Crippen LogP contribution in [0.5, 0.6) is 0 Å². The Labute approximate surface area is 115 Å². The molecule has 2 aromatic heterocycles. The molecule has 0 amide bonds. The third-order valence-corrected chi connectivity index (χ3v) is 4.05. The minimum atomic E-state index is 0.535. The minimum Gasteiger partial charge on any atom is -0.377 e. The van der Waals surface area contributed by atoms with E-state index in [1.807, 2.05) is 10.7 Å². The van der Waals surface area contributed by atoms with E-state index in [0.29, 0.717) is 6.61 Å². The fraction of sp³-hybridized carbons (Fsp3) is 0.286. The van der Waals surface area contributed by atoms with Gasteiger partial charge in [0.2, 0.25) is 4.96 Å². The predicted octanol–water partition coefficient (Wildman–Crippen LogP) is 3.22. The van der Waals surface area contributed by atoms with Crippen molar-refractivity contribution < 1.29 is 4.74 Å². The van der Waals surface area contributed by atoms with Gasteiger partial charge in [-0.1, -0.05) is 23.5 Å². The van der Waals surface area contributed by atoms with E-state index < -0.39 is 0 Å². The van der Waals surface area contributed by atoms with Crippen LogP contribution in [0.4, 0.5) is 0 Å². The van der Waals surface area contributed by atoms with Gasteiger partial charge < -0.3 is 4.74 Å². The molecule has 0 aliphatic rings. The van der Waals surface area contributed by atoms with Gasteiger partial charge in [-0.2, -0.15) is 5.10 Å². The summed E-state index contributed by atoms with van der Waals surface area (Å²) in [5.74, 6) is 0. The number of rotatable bonds is 3. The van der Waals surface area contributed by atoms with Crippen LogP contribution in [0.3, 0.4) is 0 Å². The van der Waals surface area contributed by atoms with Crippen LogP contribution in [0.25, 0.3) is 16.2 Å². The van der Waals surface area contributed by atoms with Crippen molar-refractivity contribution in [2.24, 2.45) is 0 Å². The molecule has 4 nitrogen and oxygen atoms in total. The van der Waals surface area contributed by atoms with Gasteiger partial charge in [-0.3, -0.25) is 0 Å². The van der Waals surface area contributed by atoms with Gasteiger partial charge in [0.1, 0.15) is 5.01 Å². The van der Waals surface area contributed by atoms with E-state index in [0.717, 1.165) is 21.2 Å². The Bertz CT molecular complexity index is 698. The van der Waals surface area contributed by atoms with Crippen LogP contribution in [-0.4, -0.2) is 21.7 Å². The van der Waals surface area contributed by atoms with Gasteiger partial charge in [0.05, 0.1) is 18.5 Å². The lowest BCUT2D eigenvalue weighted by atomic mass is 10.1. The van der Waals surface area contributed by atoms with Gasteiger partial charge in [-0.25, -0.2) is 9.50 Å². The zero-order valence-corrected chi connectivity index (χ0v) is 12.0. The van der Waals surface area contributed by atoms with E-state index in [1.54, 1.807) is 18.4 Å². The Morgan fingerprint density at radius 1 is 1.26 bits per heavy atom. The Balaban J connectivity index is 2.00. The number of aromatic nitrogens is 3. The molecule has 5 heteroatoms. The van der Waals surface area contributed by atoms with Crippen molar-refractivity contribution in [3.63, 3.8) is 0 Å². The maximum atomic E-state index is 5.08. The second kappa shape index (κ2) is 4.75. The van der Waals surface area contributed by atoms with E-state index in [4.69, 9.17) is 4.74 Å². The summed E-state index contributed by atoms with van der Waals surface area (Å²) in [6, 6.07) is 6.39. The summed E-state index contributed by atoms with van der Waals surface area (Å²) >= 11 is 1.56. The Kier molecular flexibility index (Phi) is 3.08. The van der Waals surface area contributed by atoms with Gasteiger partial charge in [0.15, 0.2) is 0 Å². The molecule has 0 aliphatic heterocycles. The van der Waals surface area contributed by atoms with E-state index in [-0.39, 0.29) is 0 Å². The summed E-state index contributed by atoms with van der Waals surface area (Å²) in [6.07, 6.45) is 1.97. The van der Waals surface area contributed by atoms with Crippen molar-refractivity contribution in [3.8, 4) is 11.3 Å². The smallest absolute Gasteiger partial charge is 0.212 e. The molecular weight excluding hydrogens is 258 g/mol. The van der Waals surface area contributed by atoms with E-state index in [1.165, 1.54) is 11.1 Å². The van der Waals surface area contributed by atoms with Gasteiger partial charge in [-0.15, -0.1) is 0 Å². The number of fused-ring (bicyclic) bond motifs is 1. The second-order valence-corrected chi connectivity index (χ2v) is 5.62. The lowest BCUT2D eigenvalue weighted by Gasteiger charge is -2.01. The normalized spacial score (nSPS) is 11.3. The van der Waals surface area contributed by atoms with Crippen LogP contribution in [0.2, 0.25) is 0 Å².